The second-order valence-electron chi connectivity index (χ2n) is 7.27. The maximum absolute atomic E-state index is 12.6. The maximum Gasteiger partial charge on any atom is 0.255 e. The number of ether oxygens (including phenoxy) is 1. The van der Waals surface area contributed by atoms with E-state index < -0.39 is 0 Å². The first-order valence-corrected chi connectivity index (χ1v) is 10.7. The number of carbonyl (C=O) groups is 2. The smallest absolute Gasteiger partial charge is 0.255 e. The minimum absolute atomic E-state index is 0.260. The SMILES string of the molecule is O=C(Nc1ccc(NC(=O)c2ccccc2)c(Cl)c1)c1ccc(OCc2ccccc2)cc1. The lowest BCUT2D eigenvalue weighted by molar-refractivity contribution is 0.101. The standard InChI is InChI=1S/C27H21ClN2O3/c28-24-17-22(13-16-25(24)30-27(32)20-9-5-2-6-10-20)29-26(31)21-11-14-23(15-12-21)33-18-19-7-3-1-4-8-19/h1-17H,18H2,(H,29,31)(H,30,32). The Bertz CT molecular complexity index is 1240. The van der Waals surface area contributed by atoms with Crippen molar-refractivity contribution in [2.45, 2.75) is 6.61 Å². The topological polar surface area (TPSA) is 67.4 Å². The van der Waals surface area contributed by atoms with Crippen molar-refractivity contribution in [1.29, 1.82) is 0 Å². The fourth-order valence-electron chi connectivity index (χ4n) is 3.12. The molecule has 0 aliphatic rings. The Morgan fingerprint density at radius 2 is 1.30 bits per heavy atom. The Morgan fingerprint density at radius 3 is 1.97 bits per heavy atom. The van der Waals surface area contributed by atoms with Crippen LogP contribution in [-0.2, 0) is 6.61 Å². The highest BCUT2D eigenvalue weighted by atomic mass is 35.5. The van der Waals surface area contributed by atoms with Gasteiger partial charge in [-0.05, 0) is 60.2 Å². The Hall–Kier alpha value is -4.09. The molecule has 0 saturated carbocycles. The summed E-state index contributed by atoms with van der Waals surface area (Å²) in [6, 6.07) is 30.6. The van der Waals surface area contributed by atoms with Crippen LogP contribution in [0.25, 0.3) is 0 Å². The number of benzene rings is 4. The van der Waals surface area contributed by atoms with Crippen molar-refractivity contribution in [1.82, 2.24) is 0 Å². The third-order valence-electron chi connectivity index (χ3n) is 4.88. The lowest BCUT2D eigenvalue weighted by Gasteiger charge is -2.11. The quantitative estimate of drug-likeness (QED) is 0.337. The highest BCUT2D eigenvalue weighted by Crippen LogP contribution is 2.26. The van der Waals surface area contributed by atoms with Gasteiger partial charge in [0, 0.05) is 16.8 Å². The van der Waals surface area contributed by atoms with Crippen LogP contribution in [0.4, 0.5) is 11.4 Å². The largest absolute Gasteiger partial charge is 0.489 e. The van der Waals surface area contributed by atoms with Crippen LogP contribution in [-0.4, -0.2) is 11.8 Å². The van der Waals surface area contributed by atoms with Crippen molar-refractivity contribution in [2.24, 2.45) is 0 Å². The molecule has 0 radical (unpaired) electrons. The number of hydrogen-bond donors (Lipinski definition) is 2. The summed E-state index contributed by atoms with van der Waals surface area (Å²) in [7, 11) is 0. The summed E-state index contributed by atoms with van der Waals surface area (Å²) < 4.78 is 5.75. The van der Waals surface area contributed by atoms with Crippen molar-refractivity contribution in [2.75, 3.05) is 10.6 Å². The fraction of sp³-hybridized carbons (Fsp3) is 0.0370. The minimum Gasteiger partial charge on any atom is -0.489 e. The van der Waals surface area contributed by atoms with Crippen LogP contribution < -0.4 is 15.4 Å². The minimum atomic E-state index is -0.276. The molecule has 6 heteroatoms. The van der Waals surface area contributed by atoms with Crippen LogP contribution >= 0.6 is 11.6 Å². The van der Waals surface area contributed by atoms with E-state index in [2.05, 4.69) is 10.6 Å². The van der Waals surface area contributed by atoms with Gasteiger partial charge in [0.25, 0.3) is 11.8 Å². The molecular weight excluding hydrogens is 436 g/mol. The summed E-state index contributed by atoms with van der Waals surface area (Å²) in [4.78, 5) is 24.9. The molecule has 5 nitrogen and oxygen atoms in total. The van der Waals surface area contributed by atoms with Crippen molar-refractivity contribution < 1.29 is 14.3 Å². The van der Waals surface area contributed by atoms with E-state index in [1.807, 2.05) is 36.4 Å². The van der Waals surface area contributed by atoms with Crippen molar-refractivity contribution in [3.8, 4) is 5.75 Å². The van der Waals surface area contributed by atoms with Crippen LogP contribution in [0.2, 0.25) is 5.02 Å². The summed E-state index contributed by atoms with van der Waals surface area (Å²) in [5.41, 5.74) is 3.07. The van der Waals surface area contributed by atoms with E-state index >= 15 is 0 Å². The van der Waals surface area contributed by atoms with Gasteiger partial charge in [0.15, 0.2) is 0 Å². The van der Waals surface area contributed by atoms with E-state index in [1.54, 1.807) is 66.7 Å². The zero-order valence-corrected chi connectivity index (χ0v) is 18.4. The predicted octanol–water partition coefficient (Wildman–Crippen LogP) is 6.42. The molecule has 4 aromatic carbocycles. The number of hydrogen-bond acceptors (Lipinski definition) is 3. The van der Waals surface area contributed by atoms with Gasteiger partial charge in [-0.3, -0.25) is 9.59 Å². The molecule has 2 amide bonds. The summed E-state index contributed by atoms with van der Waals surface area (Å²) in [6.45, 7) is 0.456. The number of amides is 2. The molecule has 4 aromatic rings. The van der Waals surface area contributed by atoms with Crippen LogP contribution in [0.3, 0.4) is 0 Å². The zero-order chi connectivity index (χ0) is 23.0. The molecule has 0 fully saturated rings. The molecule has 33 heavy (non-hydrogen) atoms. The van der Waals surface area contributed by atoms with Gasteiger partial charge in [0.2, 0.25) is 0 Å². The molecule has 0 bridgehead atoms. The van der Waals surface area contributed by atoms with E-state index in [9.17, 15) is 9.59 Å². The van der Waals surface area contributed by atoms with E-state index in [0.717, 1.165) is 5.56 Å². The molecule has 0 aromatic heterocycles. The van der Waals surface area contributed by atoms with Gasteiger partial charge in [0.05, 0.1) is 10.7 Å². The van der Waals surface area contributed by atoms with Crippen LogP contribution in [0.5, 0.6) is 5.75 Å². The third-order valence-corrected chi connectivity index (χ3v) is 5.19. The normalized spacial score (nSPS) is 10.3. The Labute approximate surface area is 197 Å². The summed E-state index contributed by atoms with van der Waals surface area (Å²) >= 11 is 6.31. The van der Waals surface area contributed by atoms with Gasteiger partial charge in [0.1, 0.15) is 12.4 Å². The summed E-state index contributed by atoms with van der Waals surface area (Å²) in [5, 5.41) is 5.90. The first-order chi connectivity index (χ1) is 16.1. The predicted molar refractivity (Wildman–Crippen MR) is 131 cm³/mol. The Morgan fingerprint density at radius 1 is 0.697 bits per heavy atom. The molecule has 0 atom stereocenters. The third kappa shape index (κ3) is 5.99. The molecule has 2 N–H and O–H groups in total. The van der Waals surface area contributed by atoms with Crippen molar-refractivity contribution >= 4 is 34.8 Å². The highest BCUT2D eigenvalue weighted by Gasteiger charge is 2.11. The molecule has 0 unspecified atom stereocenters. The maximum atomic E-state index is 12.6. The molecule has 0 aliphatic carbocycles. The molecule has 0 aliphatic heterocycles. The van der Waals surface area contributed by atoms with Gasteiger partial charge < -0.3 is 15.4 Å². The van der Waals surface area contributed by atoms with Crippen LogP contribution in [0, 0.1) is 0 Å². The fourth-order valence-corrected chi connectivity index (χ4v) is 3.35. The van der Waals surface area contributed by atoms with Crippen LogP contribution in [0.1, 0.15) is 26.3 Å². The molecule has 164 valence electrons. The molecule has 4 rings (SSSR count). The molecular formula is C27H21ClN2O3. The number of carbonyl (C=O) groups excluding carboxylic acids is 2. The Balaban J connectivity index is 1.35. The number of nitrogens with one attached hydrogen (secondary N) is 2. The lowest BCUT2D eigenvalue weighted by atomic mass is 10.2. The first kappa shape index (κ1) is 22.1. The monoisotopic (exact) mass is 456 g/mol. The summed E-state index contributed by atoms with van der Waals surface area (Å²) in [6.07, 6.45) is 0. The average Bonchev–Trinajstić information content (AvgIpc) is 2.86. The van der Waals surface area contributed by atoms with Gasteiger partial charge >= 0.3 is 0 Å². The number of anilines is 2. The molecule has 0 spiro atoms. The number of halogens is 1. The van der Waals surface area contributed by atoms with E-state index in [-0.39, 0.29) is 11.8 Å². The average molecular weight is 457 g/mol. The second kappa shape index (κ2) is 10.5. The van der Waals surface area contributed by atoms with Gasteiger partial charge in [-0.2, -0.15) is 0 Å². The van der Waals surface area contributed by atoms with E-state index in [0.29, 0.717) is 39.9 Å². The van der Waals surface area contributed by atoms with Gasteiger partial charge in [-0.15, -0.1) is 0 Å². The van der Waals surface area contributed by atoms with E-state index in [1.165, 1.54) is 0 Å². The van der Waals surface area contributed by atoms with Crippen molar-refractivity contribution in [3.05, 3.63) is 125 Å². The van der Waals surface area contributed by atoms with Gasteiger partial charge in [-0.25, -0.2) is 0 Å². The summed E-state index contributed by atoms with van der Waals surface area (Å²) in [5.74, 6) is 0.141. The molecule has 0 heterocycles. The van der Waals surface area contributed by atoms with E-state index in [4.69, 9.17) is 16.3 Å². The number of rotatable bonds is 7. The van der Waals surface area contributed by atoms with Gasteiger partial charge in [-0.1, -0.05) is 60.1 Å². The molecule has 0 saturated heterocycles. The zero-order valence-electron chi connectivity index (χ0n) is 17.6. The first-order valence-electron chi connectivity index (χ1n) is 10.3. The van der Waals surface area contributed by atoms with Crippen LogP contribution in [0.15, 0.2) is 103 Å². The van der Waals surface area contributed by atoms with Crippen molar-refractivity contribution in [3.63, 3.8) is 0 Å². The highest BCUT2D eigenvalue weighted by molar-refractivity contribution is 6.34. The second-order valence-corrected chi connectivity index (χ2v) is 7.67. The Kier molecular flexibility index (Phi) is 7.03. The lowest BCUT2D eigenvalue weighted by Crippen LogP contribution is -2.13.